The lowest BCUT2D eigenvalue weighted by molar-refractivity contribution is -0.137. The van der Waals surface area contributed by atoms with E-state index in [2.05, 4.69) is 10.6 Å². The molecule has 0 aliphatic rings. The molecule has 2 aromatic carbocycles. The summed E-state index contributed by atoms with van der Waals surface area (Å²) < 4.78 is 40.1. The van der Waals surface area contributed by atoms with E-state index in [9.17, 15) is 22.8 Å². The van der Waals surface area contributed by atoms with Crippen molar-refractivity contribution in [1.29, 1.82) is 0 Å². The number of nitrogens with zero attached hydrogens (tertiary/aromatic N) is 1. The Balaban J connectivity index is 1.82. The fourth-order valence-corrected chi connectivity index (χ4v) is 2.65. The number of rotatable bonds is 4. The van der Waals surface area contributed by atoms with Gasteiger partial charge in [0.05, 0.1) is 16.8 Å². The molecule has 8 heteroatoms. The Morgan fingerprint density at radius 3 is 2.32 bits per heavy atom. The fourth-order valence-electron chi connectivity index (χ4n) is 2.65. The Labute approximate surface area is 158 Å². The molecule has 3 rings (SSSR count). The number of hydrogen-bond donors (Lipinski definition) is 2. The Morgan fingerprint density at radius 2 is 1.64 bits per heavy atom. The van der Waals surface area contributed by atoms with Gasteiger partial charge in [-0.3, -0.25) is 9.59 Å². The minimum absolute atomic E-state index is 0.00314. The Morgan fingerprint density at radius 1 is 0.893 bits per heavy atom. The van der Waals surface area contributed by atoms with E-state index >= 15 is 0 Å². The summed E-state index contributed by atoms with van der Waals surface area (Å²) in [6.45, 7) is 0. The third kappa shape index (κ3) is 4.22. The first kappa shape index (κ1) is 19.2. The van der Waals surface area contributed by atoms with Crippen LogP contribution in [0, 0.1) is 0 Å². The quantitative estimate of drug-likeness (QED) is 0.690. The summed E-state index contributed by atoms with van der Waals surface area (Å²) in [5.41, 5.74) is -0.0901. The van der Waals surface area contributed by atoms with Crippen LogP contribution in [-0.2, 0) is 13.2 Å². The number of carbonyl (C=O) groups excluding carboxylic acids is 2. The van der Waals surface area contributed by atoms with Crippen molar-refractivity contribution in [3.8, 4) is 0 Å². The zero-order chi connectivity index (χ0) is 20.3. The van der Waals surface area contributed by atoms with E-state index in [1.807, 2.05) is 0 Å². The predicted molar refractivity (Wildman–Crippen MR) is 99.2 cm³/mol. The van der Waals surface area contributed by atoms with Crippen molar-refractivity contribution in [2.24, 2.45) is 7.05 Å². The highest BCUT2D eigenvalue weighted by Gasteiger charge is 2.30. The molecule has 0 unspecified atom stereocenters. The van der Waals surface area contributed by atoms with E-state index < -0.39 is 23.6 Å². The van der Waals surface area contributed by atoms with Gasteiger partial charge in [-0.15, -0.1) is 0 Å². The van der Waals surface area contributed by atoms with Gasteiger partial charge in [0.1, 0.15) is 5.69 Å². The first-order chi connectivity index (χ1) is 13.3. The molecule has 0 bridgehead atoms. The Kier molecular flexibility index (Phi) is 5.21. The van der Waals surface area contributed by atoms with Crippen LogP contribution in [0.15, 0.2) is 66.9 Å². The van der Waals surface area contributed by atoms with Gasteiger partial charge in [0, 0.05) is 18.9 Å². The zero-order valence-corrected chi connectivity index (χ0v) is 14.7. The maximum absolute atomic E-state index is 12.8. The number of benzene rings is 2. The monoisotopic (exact) mass is 387 g/mol. The second kappa shape index (κ2) is 7.59. The molecule has 3 aromatic rings. The van der Waals surface area contributed by atoms with Crippen molar-refractivity contribution in [3.05, 3.63) is 83.7 Å². The molecule has 5 nitrogen and oxygen atoms in total. The number of nitrogens with one attached hydrogen (secondary N) is 2. The highest BCUT2D eigenvalue weighted by molar-refractivity contribution is 6.12. The normalized spacial score (nSPS) is 11.1. The molecule has 0 spiro atoms. The standard InChI is InChI=1S/C20H16F3N3O2/c1-26-11-5-10-17(26)19(28)25-16-9-3-2-8-15(16)18(27)24-14-7-4-6-13(12-14)20(21,22)23/h2-12H,1H3,(H,24,27)(H,25,28). The maximum Gasteiger partial charge on any atom is 0.416 e. The van der Waals surface area contributed by atoms with Crippen molar-refractivity contribution in [3.63, 3.8) is 0 Å². The number of anilines is 2. The van der Waals surface area contributed by atoms with E-state index in [0.29, 0.717) is 5.69 Å². The van der Waals surface area contributed by atoms with Gasteiger partial charge in [0.15, 0.2) is 0 Å². The molecule has 0 fully saturated rings. The first-order valence-electron chi connectivity index (χ1n) is 8.26. The van der Waals surface area contributed by atoms with Crippen molar-refractivity contribution in [2.75, 3.05) is 10.6 Å². The number of carbonyl (C=O) groups is 2. The number of hydrogen-bond acceptors (Lipinski definition) is 2. The molecule has 0 aliphatic heterocycles. The second-order valence-corrected chi connectivity index (χ2v) is 6.04. The summed E-state index contributed by atoms with van der Waals surface area (Å²) in [5.74, 6) is -1.05. The molecule has 28 heavy (non-hydrogen) atoms. The molecule has 144 valence electrons. The SMILES string of the molecule is Cn1cccc1C(=O)Nc1ccccc1C(=O)Nc1cccc(C(F)(F)F)c1. The molecule has 2 amide bonds. The van der Waals surface area contributed by atoms with Crippen LogP contribution in [0.25, 0.3) is 0 Å². The van der Waals surface area contributed by atoms with Crippen LogP contribution in [0.5, 0.6) is 0 Å². The van der Waals surface area contributed by atoms with Crippen LogP contribution in [0.4, 0.5) is 24.5 Å². The van der Waals surface area contributed by atoms with Gasteiger partial charge in [-0.2, -0.15) is 13.2 Å². The smallest absolute Gasteiger partial charge is 0.347 e. The molecule has 0 atom stereocenters. The molecule has 0 radical (unpaired) electrons. The van der Waals surface area contributed by atoms with Crippen LogP contribution >= 0.6 is 0 Å². The lowest BCUT2D eigenvalue weighted by Crippen LogP contribution is -2.20. The van der Waals surface area contributed by atoms with Crippen LogP contribution in [0.1, 0.15) is 26.4 Å². The molecule has 1 heterocycles. The lowest BCUT2D eigenvalue weighted by Gasteiger charge is -2.13. The Bertz CT molecular complexity index is 1030. The van der Waals surface area contributed by atoms with Gasteiger partial charge in [-0.25, -0.2) is 0 Å². The predicted octanol–water partition coefficient (Wildman–Crippen LogP) is 4.55. The van der Waals surface area contributed by atoms with Gasteiger partial charge in [-0.1, -0.05) is 18.2 Å². The third-order valence-electron chi connectivity index (χ3n) is 4.04. The largest absolute Gasteiger partial charge is 0.416 e. The van der Waals surface area contributed by atoms with E-state index in [0.717, 1.165) is 12.1 Å². The summed E-state index contributed by atoms with van der Waals surface area (Å²) in [6.07, 6.45) is -2.80. The number of para-hydroxylation sites is 1. The van der Waals surface area contributed by atoms with Crippen molar-refractivity contribution in [1.82, 2.24) is 4.57 Å². The zero-order valence-electron chi connectivity index (χ0n) is 14.7. The highest BCUT2D eigenvalue weighted by Crippen LogP contribution is 2.31. The fraction of sp³-hybridized carbons (Fsp3) is 0.100. The van der Waals surface area contributed by atoms with Crippen LogP contribution in [0.2, 0.25) is 0 Å². The van der Waals surface area contributed by atoms with Crippen LogP contribution < -0.4 is 10.6 Å². The maximum atomic E-state index is 12.8. The number of amides is 2. The minimum Gasteiger partial charge on any atom is -0.347 e. The summed E-state index contributed by atoms with van der Waals surface area (Å²) >= 11 is 0. The van der Waals surface area contributed by atoms with Crippen molar-refractivity contribution >= 4 is 23.2 Å². The van der Waals surface area contributed by atoms with Crippen molar-refractivity contribution in [2.45, 2.75) is 6.18 Å². The van der Waals surface area contributed by atoms with Crippen LogP contribution in [0.3, 0.4) is 0 Å². The molecular weight excluding hydrogens is 371 g/mol. The van der Waals surface area contributed by atoms with E-state index in [4.69, 9.17) is 0 Å². The topological polar surface area (TPSA) is 63.1 Å². The van der Waals surface area contributed by atoms with E-state index in [1.54, 1.807) is 48.1 Å². The van der Waals surface area contributed by atoms with Gasteiger partial charge < -0.3 is 15.2 Å². The van der Waals surface area contributed by atoms with E-state index in [-0.39, 0.29) is 16.9 Å². The van der Waals surface area contributed by atoms with Gasteiger partial charge >= 0.3 is 6.18 Å². The molecule has 2 N–H and O–H groups in total. The second-order valence-electron chi connectivity index (χ2n) is 6.04. The molecule has 1 aromatic heterocycles. The number of halogens is 3. The highest BCUT2D eigenvalue weighted by atomic mass is 19.4. The molecule has 0 saturated carbocycles. The van der Waals surface area contributed by atoms with Gasteiger partial charge in [-0.05, 0) is 42.5 Å². The average Bonchev–Trinajstić information content (AvgIpc) is 3.08. The number of aromatic nitrogens is 1. The summed E-state index contributed by atoms with van der Waals surface area (Å²) in [6, 6.07) is 13.9. The lowest BCUT2D eigenvalue weighted by atomic mass is 10.1. The Hall–Kier alpha value is -3.55. The number of alkyl halides is 3. The first-order valence-corrected chi connectivity index (χ1v) is 8.26. The van der Waals surface area contributed by atoms with Gasteiger partial charge in [0.25, 0.3) is 11.8 Å². The van der Waals surface area contributed by atoms with Crippen LogP contribution in [-0.4, -0.2) is 16.4 Å². The van der Waals surface area contributed by atoms with Gasteiger partial charge in [0.2, 0.25) is 0 Å². The molecular formula is C20H16F3N3O2. The summed E-state index contributed by atoms with van der Waals surface area (Å²) in [4.78, 5) is 25.0. The summed E-state index contributed by atoms with van der Waals surface area (Å²) in [5, 5.41) is 5.09. The number of aryl methyl sites for hydroxylation is 1. The van der Waals surface area contributed by atoms with Crippen molar-refractivity contribution < 1.29 is 22.8 Å². The van der Waals surface area contributed by atoms with E-state index in [1.165, 1.54) is 18.2 Å². The molecule has 0 aliphatic carbocycles. The third-order valence-corrected chi connectivity index (χ3v) is 4.04. The summed E-state index contributed by atoms with van der Waals surface area (Å²) in [7, 11) is 1.71. The molecule has 0 saturated heterocycles. The minimum atomic E-state index is -4.51. The average molecular weight is 387 g/mol.